The van der Waals surface area contributed by atoms with Crippen molar-refractivity contribution in [2.45, 2.75) is 6.61 Å². The van der Waals surface area contributed by atoms with Gasteiger partial charge in [-0.25, -0.2) is 4.79 Å². The number of aromatic amines is 1. The van der Waals surface area contributed by atoms with Crippen LogP contribution in [0.4, 0.5) is 5.82 Å². The monoisotopic (exact) mass is 263 g/mol. The average molecular weight is 263 g/mol. The summed E-state index contributed by atoms with van der Waals surface area (Å²) in [7, 11) is 1.57. The third-order valence-corrected chi connectivity index (χ3v) is 2.53. The molecule has 0 unspecified atom stereocenters. The van der Waals surface area contributed by atoms with E-state index in [0.717, 1.165) is 0 Å². The van der Waals surface area contributed by atoms with E-state index in [1.807, 2.05) is 0 Å². The Hall–Kier alpha value is -2.70. The molecule has 4 N–H and O–H groups in total. The minimum atomic E-state index is -1.14. The van der Waals surface area contributed by atoms with Crippen molar-refractivity contribution in [1.29, 1.82) is 0 Å². The van der Waals surface area contributed by atoms with E-state index < -0.39 is 5.97 Å². The average Bonchev–Trinajstić information content (AvgIpc) is 2.78. The molecule has 0 fully saturated rings. The quantitative estimate of drug-likeness (QED) is 0.749. The first-order chi connectivity index (χ1) is 9.11. The van der Waals surface area contributed by atoms with Gasteiger partial charge in [0.1, 0.15) is 23.7 Å². The Morgan fingerprint density at radius 1 is 1.37 bits per heavy atom. The van der Waals surface area contributed by atoms with Gasteiger partial charge in [-0.05, 0) is 24.3 Å². The van der Waals surface area contributed by atoms with Gasteiger partial charge in [0.15, 0.2) is 5.82 Å². The second-order valence-electron chi connectivity index (χ2n) is 3.73. The molecular formula is C12H13N3O4. The molecule has 0 spiro atoms. The van der Waals surface area contributed by atoms with E-state index in [1.165, 1.54) is 0 Å². The normalized spacial score (nSPS) is 10.2. The number of carboxylic acids is 1. The molecule has 0 aliphatic rings. The first-order valence-corrected chi connectivity index (χ1v) is 5.44. The summed E-state index contributed by atoms with van der Waals surface area (Å²) in [4.78, 5) is 11.0. The minimum Gasteiger partial charge on any atom is -0.497 e. The summed E-state index contributed by atoms with van der Waals surface area (Å²) in [5.41, 5.74) is 5.71. The number of carbonyl (C=O) groups is 1. The lowest BCUT2D eigenvalue weighted by molar-refractivity contribution is 0.0695. The third kappa shape index (κ3) is 2.76. The fourth-order valence-corrected chi connectivity index (χ4v) is 1.56. The van der Waals surface area contributed by atoms with Crippen molar-refractivity contribution in [1.82, 2.24) is 10.2 Å². The molecule has 7 nitrogen and oxygen atoms in total. The number of methoxy groups -OCH3 is 1. The molecule has 2 rings (SSSR count). The Morgan fingerprint density at radius 3 is 2.58 bits per heavy atom. The van der Waals surface area contributed by atoms with Gasteiger partial charge in [0.05, 0.1) is 12.8 Å². The van der Waals surface area contributed by atoms with Gasteiger partial charge in [-0.2, -0.15) is 5.10 Å². The highest BCUT2D eigenvalue weighted by molar-refractivity contribution is 5.93. The second kappa shape index (κ2) is 5.30. The topological polar surface area (TPSA) is 110 Å². The molecule has 0 bridgehead atoms. The van der Waals surface area contributed by atoms with Crippen molar-refractivity contribution in [2.24, 2.45) is 0 Å². The molecule has 1 aromatic heterocycles. The maximum absolute atomic E-state index is 11.0. The van der Waals surface area contributed by atoms with Crippen LogP contribution in [0.3, 0.4) is 0 Å². The van der Waals surface area contributed by atoms with E-state index >= 15 is 0 Å². The number of ether oxygens (including phenoxy) is 2. The molecular weight excluding hydrogens is 250 g/mol. The molecule has 0 aliphatic heterocycles. The molecule has 0 saturated heterocycles. The number of aromatic nitrogens is 2. The van der Waals surface area contributed by atoms with Gasteiger partial charge in [-0.3, -0.25) is 5.10 Å². The number of rotatable bonds is 5. The first-order valence-electron chi connectivity index (χ1n) is 5.44. The number of aromatic carboxylic acids is 1. The lowest BCUT2D eigenvalue weighted by atomic mass is 10.2. The van der Waals surface area contributed by atoms with Gasteiger partial charge in [-0.1, -0.05) is 0 Å². The van der Waals surface area contributed by atoms with Crippen molar-refractivity contribution < 1.29 is 19.4 Å². The van der Waals surface area contributed by atoms with Crippen LogP contribution in [-0.2, 0) is 6.61 Å². The van der Waals surface area contributed by atoms with Gasteiger partial charge in [0.2, 0.25) is 0 Å². The lowest BCUT2D eigenvalue weighted by Crippen LogP contribution is -2.06. The van der Waals surface area contributed by atoms with Crippen molar-refractivity contribution in [3.8, 4) is 11.5 Å². The van der Waals surface area contributed by atoms with Gasteiger partial charge in [-0.15, -0.1) is 0 Å². The summed E-state index contributed by atoms with van der Waals surface area (Å²) in [5, 5.41) is 15.2. The molecule has 0 atom stereocenters. The molecule has 0 radical (unpaired) electrons. The van der Waals surface area contributed by atoms with Gasteiger partial charge < -0.3 is 20.3 Å². The largest absolute Gasteiger partial charge is 0.497 e. The zero-order valence-corrected chi connectivity index (χ0v) is 10.2. The van der Waals surface area contributed by atoms with Crippen molar-refractivity contribution in [2.75, 3.05) is 12.8 Å². The van der Waals surface area contributed by atoms with Crippen LogP contribution in [0, 0.1) is 0 Å². The standard InChI is InChI=1S/C12H13N3O4/c1-18-7-2-4-8(5-3-7)19-6-9-10(12(16)17)11(13)15-14-9/h2-5H,6H2,1H3,(H,16,17)(H3,13,14,15). The zero-order chi connectivity index (χ0) is 13.8. The van der Waals surface area contributed by atoms with E-state index in [9.17, 15) is 4.79 Å². The van der Waals surface area contributed by atoms with E-state index in [4.69, 9.17) is 20.3 Å². The Balaban J connectivity index is 2.08. The number of carboxylic acid groups (broad SMARTS) is 1. The number of nitrogens with one attached hydrogen (secondary N) is 1. The number of nitrogen functional groups attached to an aromatic ring is 1. The summed E-state index contributed by atoms with van der Waals surface area (Å²) in [6.45, 7) is 0.0398. The summed E-state index contributed by atoms with van der Waals surface area (Å²) in [6, 6.07) is 6.93. The highest BCUT2D eigenvalue weighted by atomic mass is 16.5. The van der Waals surface area contributed by atoms with Gasteiger partial charge in [0.25, 0.3) is 0 Å². The number of hydrogen-bond acceptors (Lipinski definition) is 5. The second-order valence-corrected chi connectivity index (χ2v) is 3.73. The maximum Gasteiger partial charge on any atom is 0.341 e. The Labute approximate surface area is 109 Å². The number of anilines is 1. The van der Waals surface area contributed by atoms with Gasteiger partial charge >= 0.3 is 5.97 Å². The van der Waals surface area contributed by atoms with Crippen LogP contribution in [0.5, 0.6) is 11.5 Å². The molecule has 19 heavy (non-hydrogen) atoms. The fourth-order valence-electron chi connectivity index (χ4n) is 1.56. The number of benzene rings is 1. The summed E-state index contributed by atoms with van der Waals surface area (Å²) < 4.78 is 10.5. The van der Waals surface area contributed by atoms with E-state index in [-0.39, 0.29) is 18.0 Å². The minimum absolute atomic E-state index is 0.0398. The SMILES string of the molecule is COc1ccc(OCc2[nH]nc(N)c2C(=O)O)cc1. The maximum atomic E-state index is 11.0. The van der Waals surface area contributed by atoms with Crippen LogP contribution in [-0.4, -0.2) is 28.4 Å². The van der Waals surface area contributed by atoms with Crippen molar-refractivity contribution in [3.05, 3.63) is 35.5 Å². The number of hydrogen-bond donors (Lipinski definition) is 3. The zero-order valence-electron chi connectivity index (χ0n) is 10.2. The van der Waals surface area contributed by atoms with E-state index in [2.05, 4.69) is 10.2 Å². The Bertz CT molecular complexity index is 577. The van der Waals surface area contributed by atoms with Crippen molar-refractivity contribution >= 4 is 11.8 Å². The van der Waals surface area contributed by atoms with E-state index in [1.54, 1.807) is 31.4 Å². The number of nitrogens with two attached hydrogens (primary N) is 1. The summed E-state index contributed by atoms with van der Waals surface area (Å²) in [6.07, 6.45) is 0. The van der Waals surface area contributed by atoms with Crippen LogP contribution in [0.1, 0.15) is 16.1 Å². The molecule has 100 valence electrons. The molecule has 7 heteroatoms. The Morgan fingerprint density at radius 2 is 2.00 bits per heavy atom. The van der Waals surface area contributed by atoms with Crippen LogP contribution in [0.25, 0.3) is 0 Å². The van der Waals surface area contributed by atoms with Crippen molar-refractivity contribution in [3.63, 3.8) is 0 Å². The molecule has 2 aromatic rings. The van der Waals surface area contributed by atoms with Crippen LogP contribution >= 0.6 is 0 Å². The van der Waals surface area contributed by atoms with Crippen LogP contribution in [0.2, 0.25) is 0 Å². The predicted molar refractivity (Wildman–Crippen MR) is 67.3 cm³/mol. The number of nitrogens with zero attached hydrogens (tertiary/aromatic N) is 1. The highest BCUT2D eigenvalue weighted by Gasteiger charge is 2.18. The highest BCUT2D eigenvalue weighted by Crippen LogP contribution is 2.19. The summed E-state index contributed by atoms with van der Waals surface area (Å²) in [5.74, 6) is 0.107. The van der Waals surface area contributed by atoms with Crippen LogP contribution < -0.4 is 15.2 Å². The first kappa shape index (κ1) is 12.7. The molecule has 1 aromatic carbocycles. The number of H-pyrrole nitrogens is 1. The predicted octanol–water partition coefficient (Wildman–Crippen LogP) is 1.28. The van der Waals surface area contributed by atoms with Gasteiger partial charge in [0, 0.05) is 0 Å². The van der Waals surface area contributed by atoms with E-state index in [0.29, 0.717) is 17.2 Å². The smallest absolute Gasteiger partial charge is 0.341 e. The molecule has 1 heterocycles. The fraction of sp³-hybridized carbons (Fsp3) is 0.167. The molecule has 0 saturated carbocycles. The lowest BCUT2D eigenvalue weighted by Gasteiger charge is -2.06. The Kier molecular flexibility index (Phi) is 3.56. The molecule has 0 aliphatic carbocycles. The third-order valence-electron chi connectivity index (χ3n) is 2.53. The summed E-state index contributed by atoms with van der Waals surface area (Å²) >= 11 is 0. The van der Waals surface area contributed by atoms with Crippen LogP contribution in [0.15, 0.2) is 24.3 Å². The molecule has 0 amide bonds.